The summed E-state index contributed by atoms with van der Waals surface area (Å²) in [5.41, 5.74) is 6.88. The van der Waals surface area contributed by atoms with Crippen LogP contribution in [0.3, 0.4) is 0 Å². The second-order valence-electron chi connectivity index (χ2n) is 8.29. The first-order valence-corrected chi connectivity index (χ1v) is 10.6. The molecule has 9 heteroatoms. The average molecular weight is 451 g/mol. The number of halogens is 2. The Balaban J connectivity index is 1.71. The summed E-state index contributed by atoms with van der Waals surface area (Å²) in [5.74, 6) is 0.777. The van der Waals surface area contributed by atoms with Gasteiger partial charge in [-0.05, 0) is 61.9 Å². The minimum absolute atomic E-state index is 0.0375. The second-order valence-corrected chi connectivity index (χ2v) is 8.29. The van der Waals surface area contributed by atoms with Crippen molar-refractivity contribution in [2.45, 2.75) is 33.0 Å². The number of rotatable bonds is 5. The number of aromatic nitrogens is 3. The lowest BCUT2D eigenvalue weighted by Gasteiger charge is -2.27. The van der Waals surface area contributed by atoms with Crippen molar-refractivity contribution in [3.63, 3.8) is 0 Å². The molecule has 0 radical (unpaired) electrons. The first-order valence-electron chi connectivity index (χ1n) is 10.6. The van der Waals surface area contributed by atoms with Gasteiger partial charge in [-0.1, -0.05) is 6.07 Å². The molecule has 2 aromatic heterocycles. The highest BCUT2D eigenvalue weighted by Gasteiger charge is 2.28. The van der Waals surface area contributed by atoms with E-state index in [4.69, 9.17) is 0 Å². The molecule has 0 saturated carbocycles. The normalized spacial score (nSPS) is 13.4. The van der Waals surface area contributed by atoms with Crippen LogP contribution in [0.4, 0.5) is 14.6 Å². The number of hydrogen-bond donors (Lipinski definition) is 1. The molecule has 5 rings (SSSR count). The smallest absolute Gasteiger partial charge is 0.387 e. The van der Waals surface area contributed by atoms with Crippen molar-refractivity contribution in [2.24, 2.45) is 7.05 Å². The summed E-state index contributed by atoms with van der Waals surface area (Å²) in [6, 6.07) is 13.9. The fourth-order valence-electron chi connectivity index (χ4n) is 4.27. The lowest BCUT2D eigenvalue weighted by atomic mass is 10.0. The van der Waals surface area contributed by atoms with Crippen LogP contribution >= 0.6 is 0 Å². The van der Waals surface area contributed by atoms with Gasteiger partial charge in [0, 0.05) is 42.3 Å². The van der Waals surface area contributed by atoms with Gasteiger partial charge in [0.25, 0.3) is 5.56 Å². The molecule has 0 saturated heterocycles. The number of benzene rings is 2. The Morgan fingerprint density at radius 2 is 1.85 bits per heavy atom. The molecule has 0 bridgehead atoms. The number of fused-ring (bicyclic) bond motifs is 2. The fourth-order valence-corrected chi connectivity index (χ4v) is 4.27. The summed E-state index contributed by atoms with van der Waals surface area (Å²) in [7, 11) is 1.86. The molecule has 1 N–H and O–H groups in total. The third kappa shape index (κ3) is 3.74. The van der Waals surface area contributed by atoms with Crippen LogP contribution < -0.4 is 20.7 Å². The zero-order valence-electron chi connectivity index (χ0n) is 18.4. The molecule has 0 atom stereocenters. The van der Waals surface area contributed by atoms with Crippen molar-refractivity contribution < 1.29 is 13.5 Å². The van der Waals surface area contributed by atoms with Crippen molar-refractivity contribution in [3.05, 3.63) is 70.6 Å². The summed E-state index contributed by atoms with van der Waals surface area (Å²) < 4.78 is 33.0. The average Bonchev–Trinajstić information content (AvgIpc) is 3.35. The monoisotopic (exact) mass is 451 g/mol. The van der Waals surface area contributed by atoms with Crippen molar-refractivity contribution in [2.75, 3.05) is 5.01 Å². The standard InChI is InChI=1S/C24H23F2N5O2/c1-14(2)31-22-16(12-27-31)11-20(15-4-9-21-17(10-15)13-29(3)28-21)23(32)30(22)18-5-7-19(8-6-18)33-24(25)26/h4-11,13-14,24,27H,12H2,1-3H3. The Labute approximate surface area is 188 Å². The molecule has 1 aliphatic heterocycles. The van der Waals surface area contributed by atoms with E-state index in [9.17, 15) is 13.6 Å². The number of pyridine rings is 1. The van der Waals surface area contributed by atoms with Crippen LogP contribution in [0.2, 0.25) is 0 Å². The van der Waals surface area contributed by atoms with Crippen LogP contribution in [0, 0.1) is 0 Å². The molecular formula is C24H23F2N5O2. The maximum Gasteiger partial charge on any atom is 0.387 e. The maximum absolute atomic E-state index is 13.8. The zero-order chi connectivity index (χ0) is 23.3. The van der Waals surface area contributed by atoms with E-state index in [1.54, 1.807) is 21.4 Å². The minimum Gasteiger partial charge on any atom is -0.435 e. The highest BCUT2D eigenvalue weighted by molar-refractivity contribution is 5.84. The quantitative estimate of drug-likeness (QED) is 0.492. The van der Waals surface area contributed by atoms with Crippen molar-refractivity contribution in [1.29, 1.82) is 0 Å². The largest absolute Gasteiger partial charge is 0.435 e. The zero-order valence-corrected chi connectivity index (χ0v) is 18.4. The highest BCUT2D eigenvalue weighted by Crippen LogP contribution is 2.32. The molecule has 7 nitrogen and oxygen atoms in total. The number of alkyl halides is 2. The van der Waals surface area contributed by atoms with Gasteiger partial charge in [0.05, 0.1) is 11.2 Å². The molecule has 1 aliphatic rings. The highest BCUT2D eigenvalue weighted by atomic mass is 19.3. The topological polar surface area (TPSA) is 64.3 Å². The van der Waals surface area contributed by atoms with Crippen LogP contribution in [-0.2, 0) is 13.6 Å². The van der Waals surface area contributed by atoms with E-state index in [2.05, 4.69) is 15.3 Å². The maximum atomic E-state index is 13.8. The summed E-state index contributed by atoms with van der Waals surface area (Å²) in [6.07, 6.45) is 1.91. The van der Waals surface area contributed by atoms with E-state index >= 15 is 0 Å². The molecule has 3 heterocycles. The predicted octanol–water partition coefficient (Wildman–Crippen LogP) is 4.23. The van der Waals surface area contributed by atoms with Crippen LogP contribution in [0.1, 0.15) is 19.4 Å². The summed E-state index contributed by atoms with van der Waals surface area (Å²) in [5, 5.41) is 7.30. The molecular weight excluding hydrogens is 428 g/mol. The van der Waals surface area contributed by atoms with Gasteiger partial charge in [-0.3, -0.25) is 19.1 Å². The molecule has 0 unspecified atom stereocenters. The number of hydrogen-bond acceptors (Lipinski definition) is 5. The minimum atomic E-state index is -2.91. The summed E-state index contributed by atoms with van der Waals surface area (Å²) >= 11 is 0. The number of aryl methyl sites for hydroxylation is 1. The first-order chi connectivity index (χ1) is 15.8. The molecule has 0 spiro atoms. The number of hydrazine groups is 1. The van der Waals surface area contributed by atoms with E-state index in [1.807, 2.05) is 56.4 Å². The van der Waals surface area contributed by atoms with Gasteiger partial charge in [0.2, 0.25) is 0 Å². The van der Waals surface area contributed by atoms with Gasteiger partial charge in [0.1, 0.15) is 11.6 Å². The number of nitrogens with one attached hydrogen (secondary N) is 1. The Bertz CT molecular complexity index is 1390. The molecule has 0 amide bonds. The lowest BCUT2D eigenvalue weighted by molar-refractivity contribution is -0.0498. The van der Waals surface area contributed by atoms with Crippen molar-refractivity contribution in [3.8, 4) is 22.6 Å². The summed E-state index contributed by atoms with van der Waals surface area (Å²) in [4.78, 5) is 13.8. The van der Waals surface area contributed by atoms with Gasteiger partial charge in [-0.25, -0.2) is 5.43 Å². The van der Waals surface area contributed by atoms with Crippen LogP contribution in [0.25, 0.3) is 27.7 Å². The summed E-state index contributed by atoms with van der Waals surface area (Å²) in [6.45, 7) is 1.72. The molecule has 170 valence electrons. The second kappa shape index (κ2) is 8.00. The number of anilines is 1. The number of nitrogens with zero attached hydrogens (tertiary/aromatic N) is 4. The van der Waals surface area contributed by atoms with Crippen molar-refractivity contribution in [1.82, 2.24) is 19.8 Å². The third-order valence-corrected chi connectivity index (χ3v) is 5.69. The molecule has 0 aliphatic carbocycles. The molecule has 2 aromatic carbocycles. The lowest BCUT2D eigenvalue weighted by Crippen LogP contribution is -2.40. The number of ether oxygens (including phenoxy) is 1. The SMILES string of the molecule is CC(C)N1NCc2cc(-c3ccc4nn(C)cc4c3)c(=O)n(-c3ccc(OC(F)F)cc3)c21. The first kappa shape index (κ1) is 21.1. The van der Waals surface area contributed by atoms with Crippen LogP contribution in [-0.4, -0.2) is 27.0 Å². The van der Waals surface area contributed by atoms with Gasteiger partial charge in [-0.2, -0.15) is 13.9 Å². The van der Waals surface area contributed by atoms with E-state index in [1.165, 1.54) is 12.1 Å². The Kier molecular flexibility index (Phi) is 5.13. The van der Waals surface area contributed by atoms with E-state index in [0.29, 0.717) is 17.8 Å². The molecule has 4 aromatic rings. The third-order valence-electron chi connectivity index (χ3n) is 5.69. The van der Waals surface area contributed by atoms with E-state index in [-0.39, 0.29) is 17.4 Å². The van der Waals surface area contributed by atoms with Gasteiger partial charge in [0.15, 0.2) is 0 Å². The van der Waals surface area contributed by atoms with Gasteiger partial charge >= 0.3 is 6.61 Å². The van der Waals surface area contributed by atoms with Crippen LogP contribution in [0.15, 0.2) is 59.5 Å². The molecule has 0 fully saturated rings. The Hall–Kier alpha value is -3.72. The van der Waals surface area contributed by atoms with Gasteiger partial charge < -0.3 is 4.74 Å². The van der Waals surface area contributed by atoms with Gasteiger partial charge in [-0.15, -0.1) is 0 Å². The molecule has 33 heavy (non-hydrogen) atoms. The fraction of sp³-hybridized carbons (Fsp3) is 0.250. The van der Waals surface area contributed by atoms with Crippen molar-refractivity contribution >= 4 is 16.7 Å². The predicted molar refractivity (Wildman–Crippen MR) is 123 cm³/mol. The Morgan fingerprint density at radius 1 is 1.09 bits per heavy atom. The van der Waals surface area contributed by atoms with E-state index in [0.717, 1.165) is 27.8 Å². The van der Waals surface area contributed by atoms with E-state index < -0.39 is 6.61 Å². The Morgan fingerprint density at radius 3 is 2.55 bits per heavy atom. The van der Waals surface area contributed by atoms with Crippen LogP contribution in [0.5, 0.6) is 5.75 Å².